The van der Waals surface area contributed by atoms with E-state index in [0.717, 1.165) is 24.5 Å². The van der Waals surface area contributed by atoms with E-state index < -0.39 is 0 Å². The largest absolute Gasteiger partial charge is 0.493 e. The van der Waals surface area contributed by atoms with E-state index in [1.807, 2.05) is 24.3 Å². The molecule has 0 spiro atoms. The van der Waals surface area contributed by atoms with Crippen LogP contribution in [-0.2, 0) is 14.3 Å². The van der Waals surface area contributed by atoms with Gasteiger partial charge in [0, 0.05) is 44.7 Å². The molecule has 2 aromatic carbocycles. The summed E-state index contributed by atoms with van der Waals surface area (Å²) in [6, 6.07) is 13.2. The number of nitrogens with zero attached hydrogens (tertiary/aromatic N) is 2. The molecule has 2 amide bonds. The van der Waals surface area contributed by atoms with Crippen molar-refractivity contribution < 1.29 is 23.8 Å². The average molecular weight is 466 g/mol. The number of nitrogens with one attached hydrogen (secondary N) is 1. The van der Waals surface area contributed by atoms with Gasteiger partial charge in [-0.2, -0.15) is 0 Å². The fourth-order valence-corrected chi connectivity index (χ4v) is 4.40. The molecule has 8 heteroatoms. The normalized spacial score (nSPS) is 16.0. The zero-order valence-corrected chi connectivity index (χ0v) is 19.9. The number of carbonyl (C=O) groups is 2. The molecule has 2 aliphatic rings. The molecule has 34 heavy (non-hydrogen) atoms. The number of rotatable bonds is 10. The fourth-order valence-electron chi connectivity index (χ4n) is 4.40. The SMILES string of the molecule is COCCCN1C(=O)C(Nc2ccc(N3CCCC3)cc2)=C(c2ccc(OC)c(OC)c2)C1=O. The van der Waals surface area contributed by atoms with Gasteiger partial charge in [0.1, 0.15) is 5.70 Å². The predicted octanol–water partition coefficient (Wildman–Crippen LogP) is 3.53. The van der Waals surface area contributed by atoms with E-state index in [0.29, 0.717) is 35.7 Å². The average Bonchev–Trinajstić information content (AvgIpc) is 3.48. The Hall–Kier alpha value is -3.52. The first-order valence-electron chi connectivity index (χ1n) is 11.5. The molecule has 0 aromatic heterocycles. The molecule has 0 radical (unpaired) electrons. The van der Waals surface area contributed by atoms with Crippen molar-refractivity contribution in [1.29, 1.82) is 0 Å². The first kappa shape index (κ1) is 23.6. The number of ether oxygens (including phenoxy) is 3. The van der Waals surface area contributed by atoms with Crippen molar-refractivity contribution in [3.63, 3.8) is 0 Å². The van der Waals surface area contributed by atoms with Gasteiger partial charge in [0.05, 0.1) is 19.8 Å². The molecule has 0 bridgehead atoms. The monoisotopic (exact) mass is 465 g/mol. The highest BCUT2D eigenvalue weighted by Gasteiger charge is 2.39. The number of amides is 2. The number of anilines is 2. The van der Waals surface area contributed by atoms with Crippen LogP contribution >= 0.6 is 0 Å². The maximum atomic E-state index is 13.4. The van der Waals surface area contributed by atoms with E-state index in [4.69, 9.17) is 14.2 Å². The predicted molar refractivity (Wildman–Crippen MR) is 131 cm³/mol. The molecule has 1 saturated heterocycles. The highest BCUT2D eigenvalue weighted by molar-refractivity contribution is 6.36. The number of hydrogen-bond acceptors (Lipinski definition) is 7. The van der Waals surface area contributed by atoms with Gasteiger partial charge >= 0.3 is 0 Å². The maximum absolute atomic E-state index is 13.4. The molecule has 0 atom stereocenters. The molecule has 0 saturated carbocycles. The molecule has 2 aromatic rings. The highest BCUT2D eigenvalue weighted by atomic mass is 16.5. The Bertz CT molecular complexity index is 1070. The van der Waals surface area contributed by atoms with E-state index in [9.17, 15) is 9.59 Å². The summed E-state index contributed by atoms with van der Waals surface area (Å²) >= 11 is 0. The van der Waals surface area contributed by atoms with Crippen LogP contribution in [0, 0.1) is 0 Å². The van der Waals surface area contributed by atoms with Crippen LogP contribution in [0.4, 0.5) is 11.4 Å². The second kappa shape index (κ2) is 10.6. The maximum Gasteiger partial charge on any atom is 0.278 e. The summed E-state index contributed by atoms with van der Waals surface area (Å²) in [7, 11) is 4.69. The molecule has 4 rings (SSSR count). The second-order valence-electron chi connectivity index (χ2n) is 8.29. The van der Waals surface area contributed by atoms with Gasteiger partial charge in [0.15, 0.2) is 11.5 Å². The Labute approximate surface area is 200 Å². The van der Waals surface area contributed by atoms with Crippen LogP contribution in [-0.4, -0.2) is 64.3 Å². The van der Waals surface area contributed by atoms with Crippen LogP contribution in [0.2, 0.25) is 0 Å². The lowest BCUT2D eigenvalue weighted by molar-refractivity contribution is -0.136. The van der Waals surface area contributed by atoms with E-state index >= 15 is 0 Å². The summed E-state index contributed by atoms with van der Waals surface area (Å²) in [5.74, 6) is 0.339. The molecule has 0 unspecified atom stereocenters. The minimum atomic E-state index is -0.352. The van der Waals surface area contributed by atoms with E-state index in [1.165, 1.54) is 24.9 Å². The minimum Gasteiger partial charge on any atom is -0.493 e. The van der Waals surface area contributed by atoms with Crippen molar-refractivity contribution in [2.45, 2.75) is 19.3 Å². The number of hydrogen-bond donors (Lipinski definition) is 1. The van der Waals surface area contributed by atoms with Crippen molar-refractivity contribution in [1.82, 2.24) is 4.90 Å². The lowest BCUT2D eigenvalue weighted by Gasteiger charge is -2.18. The van der Waals surface area contributed by atoms with Gasteiger partial charge in [-0.1, -0.05) is 6.07 Å². The van der Waals surface area contributed by atoms with Gasteiger partial charge in [-0.15, -0.1) is 0 Å². The van der Waals surface area contributed by atoms with Crippen molar-refractivity contribution in [2.24, 2.45) is 0 Å². The van der Waals surface area contributed by atoms with E-state index in [2.05, 4.69) is 10.2 Å². The van der Waals surface area contributed by atoms with Crippen molar-refractivity contribution in [3.05, 3.63) is 53.7 Å². The molecule has 2 heterocycles. The summed E-state index contributed by atoms with van der Waals surface area (Å²) in [5.41, 5.74) is 3.06. The Balaban J connectivity index is 1.67. The van der Waals surface area contributed by atoms with Crippen LogP contribution in [0.5, 0.6) is 11.5 Å². The molecule has 2 aliphatic heterocycles. The standard InChI is InChI=1S/C26H31N3O5/c1-32-16-6-15-29-25(30)23(18-7-12-21(33-2)22(17-18)34-3)24(26(29)31)27-19-8-10-20(11-9-19)28-13-4-5-14-28/h7-12,17,27H,4-6,13-16H2,1-3H3. The minimum absolute atomic E-state index is 0.253. The number of benzene rings is 2. The van der Waals surface area contributed by atoms with Gasteiger partial charge in [-0.05, 0) is 61.2 Å². The van der Waals surface area contributed by atoms with Gasteiger partial charge in [-0.25, -0.2) is 0 Å². The Morgan fingerprint density at radius 2 is 1.59 bits per heavy atom. The number of methoxy groups -OCH3 is 3. The van der Waals surface area contributed by atoms with Crippen LogP contribution in [0.25, 0.3) is 5.57 Å². The molecule has 1 fully saturated rings. The number of carbonyl (C=O) groups excluding carboxylic acids is 2. The molecular formula is C26H31N3O5. The third-order valence-corrected chi connectivity index (χ3v) is 6.18. The highest BCUT2D eigenvalue weighted by Crippen LogP contribution is 2.36. The van der Waals surface area contributed by atoms with Gasteiger partial charge in [0.25, 0.3) is 11.8 Å². The number of imide groups is 1. The van der Waals surface area contributed by atoms with Gasteiger partial charge in [0.2, 0.25) is 0 Å². The molecular weight excluding hydrogens is 434 g/mol. The van der Waals surface area contributed by atoms with Crippen molar-refractivity contribution >= 4 is 28.8 Å². The first-order chi connectivity index (χ1) is 16.6. The summed E-state index contributed by atoms with van der Waals surface area (Å²) in [4.78, 5) is 30.3. The summed E-state index contributed by atoms with van der Waals surface area (Å²) in [5, 5.41) is 3.22. The lowest BCUT2D eigenvalue weighted by Crippen LogP contribution is -2.33. The van der Waals surface area contributed by atoms with Gasteiger partial charge in [-0.3, -0.25) is 14.5 Å². The zero-order valence-electron chi connectivity index (χ0n) is 19.9. The Kier molecular flexibility index (Phi) is 7.37. The summed E-state index contributed by atoms with van der Waals surface area (Å²) < 4.78 is 15.9. The van der Waals surface area contributed by atoms with Crippen LogP contribution in [0.15, 0.2) is 48.2 Å². The van der Waals surface area contributed by atoms with Gasteiger partial charge < -0.3 is 24.4 Å². The molecule has 0 aliphatic carbocycles. The fraction of sp³-hybridized carbons (Fsp3) is 0.385. The molecule has 8 nitrogen and oxygen atoms in total. The topological polar surface area (TPSA) is 80.3 Å². The third kappa shape index (κ3) is 4.72. The Morgan fingerprint density at radius 1 is 0.882 bits per heavy atom. The van der Waals surface area contributed by atoms with E-state index in [-0.39, 0.29) is 24.1 Å². The van der Waals surface area contributed by atoms with Crippen LogP contribution in [0.1, 0.15) is 24.8 Å². The van der Waals surface area contributed by atoms with Crippen molar-refractivity contribution in [3.8, 4) is 11.5 Å². The lowest BCUT2D eigenvalue weighted by atomic mass is 10.0. The smallest absolute Gasteiger partial charge is 0.278 e. The summed E-state index contributed by atoms with van der Waals surface area (Å²) in [6.45, 7) is 2.86. The van der Waals surface area contributed by atoms with E-state index in [1.54, 1.807) is 32.4 Å². The second-order valence-corrected chi connectivity index (χ2v) is 8.29. The van der Waals surface area contributed by atoms with Crippen LogP contribution < -0.4 is 19.7 Å². The quantitative estimate of drug-likeness (QED) is 0.425. The van der Waals surface area contributed by atoms with Crippen molar-refractivity contribution in [2.75, 3.05) is 57.8 Å². The molecule has 1 N–H and O–H groups in total. The molecule has 180 valence electrons. The van der Waals surface area contributed by atoms with Crippen LogP contribution in [0.3, 0.4) is 0 Å². The zero-order chi connectivity index (χ0) is 24.1. The summed E-state index contributed by atoms with van der Waals surface area (Å²) in [6.07, 6.45) is 2.97. The first-order valence-corrected chi connectivity index (χ1v) is 11.5. The Morgan fingerprint density at radius 3 is 2.24 bits per heavy atom. The third-order valence-electron chi connectivity index (χ3n) is 6.18.